The molecule has 1 aromatic carbocycles. The summed E-state index contributed by atoms with van der Waals surface area (Å²) in [5.41, 5.74) is -0.654. The Bertz CT molecular complexity index is 993. The van der Waals surface area contributed by atoms with E-state index in [0.717, 1.165) is 0 Å². The summed E-state index contributed by atoms with van der Waals surface area (Å²) in [6, 6.07) is 4.24. The average molecular weight is 388 g/mol. The van der Waals surface area contributed by atoms with Crippen LogP contribution < -0.4 is 10.6 Å². The van der Waals surface area contributed by atoms with Gasteiger partial charge in [-0.25, -0.2) is 13.8 Å². The number of hydrogen-bond acceptors (Lipinski definition) is 6. The molecule has 0 radical (unpaired) electrons. The Labute approximate surface area is 157 Å². The Kier molecular flexibility index (Phi) is 5.65. The molecule has 0 saturated heterocycles. The number of anilines is 1. The number of carbonyl (C=O) groups is 2. The maximum Gasteiger partial charge on any atom is 0.276 e. The molecule has 144 valence electrons. The molecular weight excluding hydrogens is 374 g/mol. The minimum absolute atomic E-state index is 0.0909. The topological polar surface area (TPSA) is 122 Å². The van der Waals surface area contributed by atoms with Gasteiger partial charge in [0, 0.05) is 25.0 Å². The highest BCUT2D eigenvalue weighted by molar-refractivity contribution is 6.08. The molecule has 0 fully saturated rings. The van der Waals surface area contributed by atoms with Crippen LogP contribution in [0.2, 0.25) is 0 Å². The van der Waals surface area contributed by atoms with Gasteiger partial charge in [-0.2, -0.15) is 0 Å². The van der Waals surface area contributed by atoms with Crippen LogP contribution in [0.1, 0.15) is 20.8 Å². The molecule has 0 unspecified atom stereocenters. The summed E-state index contributed by atoms with van der Waals surface area (Å²) in [5.74, 6) is -3.63. The monoisotopic (exact) mass is 388 g/mol. The van der Waals surface area contributed by atoms with Crippen LogP contribution in [-0.4, -0.2) is 49.8 Å². The fourth-order valence-electron chi connectivity index (χ4n) is 2.27. The third kappa shape index (κ3) is 4.15. The van der Waals surface area contributed by atoms with Crippen LogP contribution in [0.15, 0.2) is 43.0 Å². The zero-order chi connectivity index (χ0) is 20.1. The zero-order valence-corrected chi connectivity index (χ0v) is 14.3. The maximum atomic E-state index is 13.6. The van der Waals surface area contributed by atoms with E-state index in [1.807, 2.05) is 0 Å². The SMILES string of the molecule is O=C(Nc1cc(F)c(F)cc1C(=O)NCCO)c1ccc(-n2ccnc2)nn1. The van der Waals surface area contributed by atoms with Gasteiger partial charge < -0.3 is 15.7 Å². The summed E-state index contributed by atoms with van der Waals surface area (Å²) >= 11 is 0. The van der Waals surface area contributed by atoms with Crippen LogP contribution in [0.25, 0.3) is 5.82 Å². The average Bonchev–Trinajstić information content (AvgIpc) is 3.23. The quantitative estimate of drug-likeness (QED) is 0.577. The van der Waals surface area contributed by atoms with Crippen LogP contribution in [0.3, 0.4) is 0 Å². The van der Waals surface area contributed by atoms with E-state index in [4.69, 9.17) is 5.11 Å². The molecule has 2 amide bonds. The maximum absolute atomic E-state index is 13.6. The van der Waals surface area contributed by atoms with Crippen molar-refractivity contribution >= 4 is 17.5 Å². The summed E-state index contributed by atoms with van der Waals surface area (Å²) < 4.78 is 28.7. The van der Waals surface area contributed by atoms with Gasteiger partial charge in [-0.05, 0) is 18.2 Å². The molecule has 28 heavy (non-hydrogen) atoms. The molecule has 0 aliphatic heterocycles. The number of rotatable bonds is 6. The molecule has 0 aliphatic carbocycles. The molecule has 3 N–H and O–H groups in total. The molecule has 0 spiro atoms. The number of nitrogens with zero attached hydrogens (tertiary/aromatic N) is 4. The van der Waals surface area contributed by atoms with Crippen LogP contribution in [0, 0.1) is 11.6 Å². The van der Waals surface area contributed by atoms with Crippen molar-refractivity contribution in [2.45, 2.75) is 0 Å². The van der Waals surface area contributed by atoms with E-state index < -0.39 is 23.4 Å². The van der Waals surface area contributed by atoms with E-state index in [2.05, 4.69) is 25.8 Å². The van der Waals surface area contributed by atoms with E-state index in [1.165, 1.54) is 18.5 Å². The molecule has 0 saturated carbocycles. The lowest BCUT2D eigenvalue weighted by Gasteiger charge is -2.12. The second-order valence-electron chi connectivity index (χ2n) is 5.49. The number of halogens is 2. The lowest BCUT2D eigenvalue weighted by atomic mass is 10.1. The number of nitrogens with one attached hydrogen (secondary N) is 2. The summed E-state index contributed by atoms with van der Waals surface area (Å²) in [5, 5.41) is 21.1. The second-order valence-corrected chi connectivity index (χ2v) is 5.49. The van der Waals surface area contributed by atoms with Crippen LogP contribution in [0.4, 0.5) is 14.5 Å². The predicted molar refractivity (Wildman–Crippen MR) is 92.9 cm³/mol. The number of benzene rings is 1. The number of imidazole rings is 1. The summed E-state index contributed by atoms with van der Waals surface area (Å²) in [6.07, 6.45) is 4.69. The van der Waals surface area contributed by atoms with Crippen molar-refractivity contribution in [3.8, 4) is 5.82 Å². The highest BCUT2D eigenvalue weighted by atomic mass is 19.2. The van der Waals surface area contributed by atoms with Crippen molar-refractivity contribution in [3.05, 3.63) is 65.9 Å². The van der Waals surface area contributed by atoms with E-state index in [0.29, 0.717) is 18.0 Å². The second kappa shape index (κ2) is 8.31. The van der Waals surface area contributed by atoms with Gasteiger partial charge in [0.15, 0.2) is 23.1 Å². The van der Waals surface area contributed by atoms with Gasteiger partial charge in [0.2, 0.25) is 0 Å². The zero-order valence-electron chi connectivity index (χ0n) is 14.3. The van der Waals surface area contributed by atoms with E-state index >= 15 is 0 Å². The van der Waals surface area contributed by atoms with Gasteiger partial charge in [0.05, 0.1) is 17.9 Å². The number of aliphatic hydroxyl groups is 1. The van der Waals surface area contributed by atoms with Crippen molar-refractivity contribution in [2.75, 3.05) is 18.5 Å². The Hall–Kier alpha value is -3.73. The first-order valence-electron chi connectivity index (χ1n) is 8.01. The van der Waals surface area contributed by atoms with Crippen molar-refractivity contribution in [3.63, 3.8) is 0 Å². The van der Waals surface area contributed by atoms with E-state index in [9.17, 15) is 18.4 Å². The molecule has 0 atom stereocenters. The Morgan fingerprint density at radius 1 is 1.11 bits per heavy atom. The van der Waals surface area contributed by atoms with Crippen molar-refractivity contribution in [1.82, 2.24) is 25.1 Å². The Balaban J connectivity index is 1.83. The molecule has 0 aliphatic rings. The Morgan fingerprint density at radius 3 is 2.54 bits per heavy atom. The molecule has 3 aromatic rings. The van der Waals surface area contributed by atoms with E-state index in [-0.39, 0.29) is 30.1 Å². The highest BCUT2D eigenvalue weighted by Gasteiger charge is 2.19. The standard InChI is InChI=1S/C17H14F2N6O3/c18-11-7-10(16(27)21-4-6-26)14(8-12(11)19)22-17(28)13-1-2-15(24-23-13)25-5-3-20-9-25/h1-3,5,7-9,26H,4,6H2,(H,21,27)(H,22,28). The number of aliphatic hydroxyl groups excluding tert-OH is 1. The summed E-state index contributed by atoms with van der Waals surface area (Å²) in [6.45, 7) is -0.428. The fourth-order valence-corrected chi connectivity index (χ4v) is 2.27. The highest BCUT2D eigenvalue weighted by Crippen LogP contribution is 2.21. The van der Waals surface area contributed by atoms with Gasteiger partial charge >= 0.3 is 0 Å². The molecule has 3 rings (SSSR count). The van der Waals surface area contributed by atoms with Crippen LogP contribution in [-0.2, 0) is 0 Å². The summed E-state index contributed by atoms with van der Waals surface area (Å²) in [4.78, 5) is 28.3. The van der Waals surface area contributed by atoms with Gasteiger partial charge in [0.25, 0.3) is 11.8 Å². The number of carbonyl (C=O) groups excluding carboxylic acids is 2. The minimum atomic E-state index is -1.25. The molecule has 11 heteroatoms. The molecule has 2 aromatic heterocycles. The van der Waals surface area contributed by atoms with Crippen molar-refractivity contribution < 1.29 is 23.5 Å². The minimum Gasteiger partial charge on any atom is -0.395 e. The van der Waals surface area contributed by atoms with Crippen molar-refractivity contribution in [2.24, 2.45) is 0 Å². The first kappa shape index (κ1) is 19.0. The number of hydrogen-bond donors (Lipinski definition) is 3. The van der Waals surface area contributed by atoms with Gasteiger partial charge in [0.1, 0.15) is 6.33 Å². The Morgan fingerprint density at radius 2 is 1.89 bits per heavy atom. The molecule has 0 bridgehead atoms. The normalized spacial score (nSPS) is 10.5. The third-order valence-corrected chi connectivity index (χ3v) is 3.60. The van der Waals surface area contributed by atoms with Crippen LogP contribution >= 0.6 is 0 Å². The smallest absolute Gasteiger partial charge is 0.276 e. The first-order valence-corrected chi connectivity index (χ1v) is 8.01. The number of aromatic nitrogens is 4. The van der Waals surface area contributed by atoms with E-state index in [1.54, 1.807) is 17.0 Å². The molecule has 9 nitrogen and oxygen atoms in total. The molecule has 2 heterocycles. The van der Waals surface area contributed by atoms with Crippen molar-refractivity contribution in [1.29, 1.82) is 0 Å². The van der Waals surface area contributed by atoms with Gasteiger partial charge in [-0.3, -0.25) is 14.2 Å². The fraction of sp³-hybridized carbons (Fsp3) is 0.118. The predicted octanol–water partition coefficient (Wildman–Crippen LogP) is 0.915. The van der Waals surface area contributed by atoms with Crippen LogP contribution in [0.5, 0.6) is 0 Å². The van der Waals surface area contributed by atoms with Gasteiger partial charge in [-0.15, -0.1) is 10.2 Å². The number of amides is 2. The lowest BCUT2D eigenvalue weighted by molar-refractivity contribution is 0.0945. The molecular formula is C17H14F2N6O3. The largest absolute Gasteiger partial charge is 0.395 e. The summed E-state index contributed by atoms with van der Waals surface area (Å²) in [7, 11) is 0. The third-order valence-electron chi connectivity index (χ3n) is 3.60. The lowest BCUT2D eigenvalue weighted by Crippen LogP contribution is -2.28. The van der Waals surface area contributed by atoms with Gasteiger partial charge in [-0.1, -0.05) is 0 Å². The first-order chi connectivity index (χ1) is 13.5.